The van der Waals surface area contributed by atoms with Crippen LogP contribution in [0.5, 0.6) is 0 Å². The van der Waals surface area contributed by atoms with Gasteiger partial charge in [-0.3, -0.25) is 0 Å². The fourth-order valence-electron chi connectivity index (χ4n) is 2.85. The van der Waals surface area contributed by atoms with Gasteiger partial charge in [-0.2, -0.15) is 0 Å². The third-order valence-corrected chi connectivity index (χ3v) is 5.04. The number of halogens is 3. The van der Waals surface area contributed by atoms with Crippen LogP contribution < -0.4 is 5.32 Å². The number of hydrogen-bond acceptors (Lipinski definition) is 3. The summed E-state index contributed by atoms with van der Waals surface area (Å²) >= 11 is 9.90. The minimum absolute atomic E-state index is 0.295. The number of hydrogen-bond donors (Lipinski definition) is 2. The molecule has 6 heteroatoms. The molecule has 0 aromatic heterocycles. The van der Waals surface area contributed by atoms with Crippen molar-refractivity contribution in [1.29, 1.82) is 0 Å². The van der Waals surface area contributed by atoms with Crippen LogP contribution in [0.1, 0.15) is 22.3 Å². The van der Waals surface area contributed by atoms with Gasteiger partial charge in [0, 0.05) is 27.0 Å². The average Bonchev–Trinajstić information content (AvgIpc) is 2.61. The highest BCUT2D eigenvalue weighted by Crippen LogP contribution is 2.29. The highest BCUT2D eigenvalue weighted by atomic mass is 79.9. The second-order valence-corrected chi connectivity index (χ2v) is 7.51. The van der Waals surface area contributed by atoms with Gasteiger partial charge in [0.25, 0.3) is 0 Å². The lowest BCUT2D eigenvalue weighted by molar-refractivity contribution is 0.319. The number of oxime groups is 1. The highest BCUT2D eigenvalue weighted by Gasteiger charge is 2.15. The van der Waals surface area contributed by atoms with E-state index in [1.54, 1.807) is 25.1 Å². The van der Waals surface area contributed by atoms with Gasteiger partial charge in [0.05, 0.1) is 5.02 Å². The average molecular weight is 448 g/mol. The van der Waals surface area contributed by atoms with Crippen molar-refractivity contribution in [2.24, 2.45) is 5.16 Å². The van der Waals surface area contributed by atoms with E-state index in [0.717, 1.165) is 21.4 Å². The van der Waals surface area contributed by atoms with Crippen LogP contribution in [0.15, 0.2) is 64.2 Å². The molecule has 2 N–H and O–H groups in total. The molecule has 0 saturated carbocycles. The molecule has 0 spiro atoms. The summed E-state index contributed by atoms with van der Waals surface area (Å²) in [6, 6.07) is 15.6. The van der Waals surface area contributed by atoms with E-state index in [1.165, 1.54) is 12.1 Å². The van der Waals surface area contributed by atoms with Gasteiger partial charge in [-0.15, -0.1) is 0 Å². The molecule has 0 atom stereocenters. The van der Waals surface area contributed by atoms with E-state index in [0.29, 0.717) is 27.4 Å². The van der Waals surface area contributed by atoms with Gasteiger partial charge < -0.3 is 10.5 Å². The molecule has 3 nitrogen and oxygen atoms in total. The summed E-state index contributed by atoms with van der Waals surface area (Å²) in [7, 11) is 0. The smallest absolute Gasteiger partial charge is 0.123 e. The van der Waals surface area contributed by atoms with Crippen molar-refractivity contribution in [1.82, 2.24) is 0 Å². The van der Waals surface area contributed by atoms with E-state index >= 15 is 0 Å². The van der Waals surface area contributed by atoms with E-state index in [1.807, 2.05) is 31.2 Å². The second kappa shape index (κ2) is 8.11. The number of nitrogens with zero attached hydrogens (tertiary/aromatic N) is 1. The predicted octanol–water partition coefficient (Wildman–Crippen LogP) is 6.83. The summed E-state index contributed by atoms with van der Waals surface area (Å²) in [5, 5.41) is 16.7. The minimum Gasteiger partial charge on any atom is -0.410 e. The summed E-state index contributed by atoms with van der Waals surface area (Å²) in [6.45, 7) is 3.76. The molecular weight excluding hydrogens is 431 g/mol. The van der Waals surface area contributed by atoms with Gasteiger partial charge in [0.2, 0.25) is 0 Å². The molecule has 0 fully saturated rings. The molecule has 0 aliphatic heterocycles. The zero-order chi connectivity index (χ0) is 19.6. The van der Waals surface area contributed by atoms with Crippen molar-refractivity contribution in [3.63, 3.8) is 0 Å². The molecule has 0 radical (unpaired) electrons. The monoisotopic (exact) mass is 446 g/mol. The fourth-order valence-corrected chi connectivity index (χ4v) is 3.60. The first-order valence-electron chi connectivity index (χ1n) is 8.20. The maximum absolute atomic E-state index is 13.4. The molecule has 0 saturated heterocycles. The number of anilines is 2. The lowest BCUT2D eigenvalue weighted by Crippen LogP contribution is -2.07. The largest absolute Gasteiger partial charge is 0.410 e. The van der Waals surface area contributed by atoms with E-state index < -0.39 is 0 Å². The molecule has 0 unspecified atom stereocenters. The number of rotatable bonds is 4. The Morgan fingerprint density at radius 3 is 2.37 bits per heavy atom. The van der Waals surface area contributed by atoms with Crippen molar-refractivity contribution in [2.75, 3.05) is 5.32 Å². The normalized spacial score (nSPS) is 11.5. The lowest BCUT2D eigenvalue weighted by atomic mass is 9.98. The van der Waals surface area contributed by atoms with Crippen LogP contribution in [0.25, 0.3) is 0 Å². The van der Waals surface area contributed by atoms with Gasteiger partial charge in [-0.1, -0.05) is 32.7 Å². The number of nitrogens with one attached hydrogen (secondary N) is 1. The molecular formula is C21H17BrClFN2O. The maximum atomic E-state index is 13.4. The van der Waals surface area contributed by atoms with Crippen LogP contribution in [0.2, 0.25) is 5.02 Å². The van der Waals surface area contributed by atoms with E-state index in [2.05, 4.69) is 26.4 Å². The SMILES string of the molecule is Cc1cc(Br)ccc1Nc1ccc(C(=NO)c2ccc(F)cc2C)c(Cl)c1. The molecule has 0 amide bonds. The van der Waals surface area contributed by atoms with Crippen molar-refractivity contribution >= 4 is 44.6 Å². The van der Waals surface area contributed by atoms with Crippen LogP contribution in [0, 0.1) is 19.7 Å². The van der Waals surface area contributed by atoms with E-state index in [9.17, 15) is 9.60 Å². The van der Waals surface area contributed by atoms with Crippen molar-refractivity contribution in [3.05, 3.63) is 92.2 Å². The topological polar surface area (TPSA) is 44.6 Å². The Labute approximate surface area is 170 Å². The van der Waals surface area contributed by atoms with Gasteiger partial charge in [-0.25, -0.2) is 4.39 Å². The molecule has 0 bridgehead atoms. The highest BCUT2D eigenvalue weighted by molar-refractivity contribution is 9.10. The van der Waals surface area contributed by atoms with Crippen LogP contribution in [0.4, 0.5) is 15.8 Å². The van der Waals surface area contributed by atoms with Crippen molar-refractivity contribution in [2.45, 2.75) is 13.8 Å². The predicted molar refractivity (Wildman–Crippen MR) is 112 cm³/mol. The van der Waals surface area contributed by atoms with Crippen molar-refractivity contribution < 1.29 is 9.60 Å². The second-order valence-electron chi connectivity index (χ2n) is 6.19. The molecule has 0 heterocycles. The molecule has 3 aromatic rings. The zero-order valence-electron chi connectivity index (χ0n) is 14.7. The third-order valence-electron chi connectivity index (χ3n) is 4.24. The molecule has 27 heavy (non-hydrogen) atoms. The van der Waals surface area contributed by atoms with Crippen LogP contribution in [-0.4, -0.2) is 10.9 Å². The Morgan fingerprint density at radius 1 is 1.00 bits per heavy atom. The first-order valence-corrected chi connectivity index (χ1v) is 9.38. The van der Waals surface area contributed by atoms with Gasteiger partial charge in [-0.05, 0) is 79.6 Å². The van der Waals surface area contributed by atoms with Gasteiger partial charge in [0.15, 0.2) is 0 Å². The van der Waals surface area contributed by atoms with Crippen LogP contribution in [-0.2, 0) is 0 Å². The van der Waals surface area contributed by atoms with Crippen molar-refractivity contribution in [3.8, 4) is 0 Å². The van der Waals surface area contributed by atoms with E-state index in [-0.39, 0.29) is 5.82 Å². The quantitative estimate of drug-likeness (QED) is 0.261. The Morgan fingerprint density at radius 2 is 1.74 bits per heavy atom. The Balaban J connectivity index is 1.94. The van der Waals surface area contributed by atoms with Gasteiger partial charge in [0.1, 0.15) is 11.5 Å². The first-order chi connectivity index (χ1) is 12.9. The zero-order valence-corrected chi connectivity index (χ0v) is 17.1. The Bertz CT molecular complexity index is 1040. The summed E-state index contributed by atoms with van der Waals surface area (Å²) < 4.78 is 14.4. The van der Waals surface area contributed by atoms with Crippen LogP contribution in [0.3, 0.4) is 0 Å². The molecule has 138 valence electrons. The Kier molecular flexibility index (Phi) is 5.82. The first kappa shape index (κ1) is 19.4. The van der Waals surface area contributed by atoms with Gasteiger partial charge >= 0.3 is 0 Å². The molecule has 3 aromatic carbocycles. The number of aryl methyl sites for hydroxylation is 2. The Hall–Kier alpha value is -2.37. The maximum Gasteiger partial charge on any atom is 0.123 e. The minimum atomic E-state index is -0.343. The fraction of sp³-hybridized carbons (Fsp3) is 0.0952. The summed E-state index contributed by atoms with van der Waals surface area (Å²) in [5.41, 5.74) is 4.99. The standard InChI is InChI=1S/C21H17BrClFN2O/c1-12-10-15(24)4-6-17(12)21(26-27)18-7-5-16(11-19(18)23)25-20-8-3-14(22)9-13(20)2/h3-11,25,27H,1-2H3. The summed E-state index contributed by atoms with van der Waals surface area (Å²) in [4.78, 5) is 0. The summed E-state index contributed by atoms with van der Waals surface area (Å²) in [5.74, 6) is -0.343. The lowest BCUT2D eigenvalue weighted by Gasteiger charge is -2.13. The number of benzene rings is 3. The van der Waals surface area contributed by atoms with E-state index in [4.69, 9.17) is 11.6 Å². The van der Waals surface area contributed by atoms with Crippen LogP contribution >= 0.6 is 27.5 Å². The molecule has 0 aliphatic carbocycles. The molecule has 3 rings (SSSR count). The molecule has 0 aliphatic rings. The summed E-state index contributed by atoms with van der Waals surface area (Å²) in [6.07, 6.45) is 0. The third kappa shape index (κ3) is 4.31.